The molecule has 1 aliphatic heterocycles. The molecule has 1 atom stereocenters. The molecule has 25 heavy (non-hydrogen) atoms. The Bertz CT molecular complexity index is 623. The molecular formula is C20H28N2O3. The third-order valence-corrected chi connectivity index (χ3v) is 5.64. The van der Waals surface area contributed by atoms with Crippen molar-refractivity contribution in [3.8, 4) is 5.75 Å². The molecule has 5 nitrogen and oxygen atoms in total. The average molecular weight is 344 g/mol. The number of ether oxygens (including phenoxy) is 1. The Morgan fingerprint density at radius 2 is 1.96 bits per heavy atom. The molecule has 1 aliphatic carbocycles. The fourth-order valence-electron chi connectivity index (χ4n) is 4.00. The first kappa shape index (κ1) is 17.8. The fourth-order valence-corrected chi connectivity index (χ4v) is 4.00. The Balaban J connectivity index is 1.59. The van der Waals surface area contributed by atoms with E-state index in [4.69, 9.17) is 4.74 Å². The normalized spacial score (nSPS) is 26.6. The number of nitrogens with zero attached hydrogens (tertiary/aromatic N) is 1. The molecule has 1 heterocycles. The van der Waals surface area contributed by atoms with Crippen LogP contribution in [0.3, 0.4) is 0 Å². The van der Waals surface area contributed by atoms with Gasteiger partial charge in [0.05, 0.1) is 18.7 Å². The molecule has 0 aromatic heterocycles. The van der Waals surface area contributed by atoms with E-state index in [1.54, 1.807) is 12.0 Å². The molecule has 1 saturated carbocycles. The molecule has 2 fully saturated rings. The maximum atomic E-state index is 12.6. The van der Waals surface area contributed by atoms with Crippen molar-refractivity contribution in [2.45, 2.75) is 51.5 Å². The number of hydrogen-bond acceptors (Lipinski definition) is 3. The molecular weight excluding hydrogens is 316 g/mol. The second-order valence-electron chi connectivity index (χ2n) is 7.21. The zero-order chi connectivity index (χ0) is 17.8. The summed E-state index contributed by atoms with van der Waals surface area (Å²) in [6.45, 7) is 2.66. The summed E-state index contributed by atoms with van der Waals surface area (Å²) in [5.41, 5.74) is 0.744. The van der Waals surface area contributed by atoms with Crippen LogP contribution >= 0.6 is 0 Å². The zero-order valence-corrected chi connectivity index (χ0v) is 15.2. The van der Waals surface area contributed by atoms with Crippen LogP contribution in [0, 0.1) is 11.8 Å². The highest BCUT2D eigenvalue weighted by atomic mass is 16.5. The molecule has 1 N–H and O–H groups in total. The summed E-state index contributed by atoms with van der Waals surface area (Å²) in [7, 11) is 1.59. The van der Waals surface area contributed by atoms with E-state index >= 15 is 0 Å². The summed E-state index contributed by atoms with van der Waals surface area (Å²) in [6.07, 6.45) is 6.00. The van der Waals surface area contributed by atoms with Crippen molar-refractivity contribution in [2.75, 3.05) is 18.6 Å². The summed E-state index contributed by atoms with van der Waals surface area (Å²) < 4.78 is 5.35. The lowest BCUT2D eigenvalue weighted by Crippen LogP contribution is -2.41. The Labute approximate surface area is 149 Å². The van der Waals surface area contributed by atoms with Crippen molar-refractivity contribution in [3.63, 3.8) is 0 Å². The van der Waals surface area contributed by atoms with E-state index in [0.717, 1.165) is 24.4 Å². The van der Waals surface area contributed by atoms with Gasteiger partial charge < -0.3 is 15.0 Å². The largest absolute Gasteiger partial charge is 0.495 e. The third kappa shape index (κ3) is 3.97. The lowest BCUT2D eigenvalue weighted by Gasteiger charge is -2.29. The summed E-state index contributed by atoms with van der Waals surface area (Å²) in [6, 6.07) is 7.72. The Hall–Kier alpha value is -2.04. The van der Waals surface area contributed by atoms with Gasteiger partial charge in [-0.3, -0.25) is 9.59 Å². The number of nitrogens with one attached hydrogen (secondary N) is 1. The maximum absolute atomic E-state index is 12.6. The topological polar surface area (TPSA) is 58.6 Å². The standard InChI is InChI=1S/C20H28N2O3/c1-3-14-8-10-16(11-9-14)21-20(24)15-12-19(23)22(13-15)17-6-4-5-7-18(17)25-2/h4-7,14-16H,3,8-13H2,1-2H3,(H,21,24). The zero-order valence-electron chi connectivity index (χ0n) is 15.2. The van der Waals surface area contributed by atoms with Gasteiger partial charge in [0.1, 0.15) is 5.75 Å². The highest BCUT2D eigenvalue weighted by Crippen LogP contribution is 2.33. The SMILES string of the molecule is CCC1CCC(NC(=O)C2CC(=O)N(c3ccccc3OC)C2)CC1. The van der Waals surface area contributed by atoms with Crippen molar-refractivity contribution >= 4 is 17.5 Å². The number of amides is 2. The van der Waals surface area contributed by atoms with Crippen LogP contribution in [0.2, 0.25) is 0 Å². The number of hydrogen-bond donors (Lipinski definition) is 1. The number of anilines is 1. The number of methoxy groups -OCH3 is 1. The quantitative estimate of drug-likeness (QED) is 0.893. The van der Waals surface area contributed by atoms with Crippen LogP contribution in [0.1, 0.15) is 45.4 Å². The first-order valence-electron chi connectivity index (χ1n) is 9.36. The molecule has 1 unspecified atom stereocenters. The molecule has 0 radical (unpaired) electrons. The van der Waals surface area contributed by atoms with E-state index in [9.17, 15) is 9.59 Å². The van der Waals surface area contributed by atoms with Gasteiger partial charge in [-0.1, -0.05) is 25.5 Å². The van der Waals surface area contributed by atoms with Crippen LogP contribution in [0.4, 0.5) is 5.69 Å². The fraction of sp³-hybridized carbons (Fsp3) is 0.600. The van der Waals surface area contributed by atoms with Crippen molar-refractivity contribution < 1.29 is 14.3 Å². The van der Waals surface area contributed by atoms with Gasteiger partial charge >= 0.3 is 0 Å². The van der Waals surface area contributed by atoms with Gasteiger partial charge in [-0.05, 0) is 43.7 Å². The second kappa shape index (κ2) is 7.89. The molecule has 136 valence electrons. The smallest absolute Gasteiger partial charge is 0.227 e. The first-order chi connectivity index (χ1) is 12.1. The van der Waals surface area contributed by atoms with E-state index in [2.05, 4.69) is 12.2 Å². The lowest BCUT2D eigenvalue weighted by molar-refractivity contribution is -0.127. The minimum absolute atomic E-state index is 0.0145. The summed E-state index contributed by atoms with van der Waals surface area (Å²) in [5, 5.41) is 3.18. The molecule has 5 heteroatoms. The van der Waals surface area contributed by atoms with Gasteiger partial charge in [-0.2, -0.15) is 0 Å². The second-order valence-corrected chi connectivity index (χ2v) is 7.21. The lowest BCUT2D eigenvalue weighted by atomic mass is 9.84. The third-order valence-electron chi connectivity index (χ3n) is 5.64. The molecule has 1 aromatic rings. The Morgan fingerprint density at radius 1 is 1.24 bits per heavy atom. The molecule has 0 bridgehead atoms. The predicted molar refractivity (Wildman–Crippen MR) is 97.6 cm³/mol. The van der Waals surface area contributed by atoms with Gasteiger partial charge in [0, 0.05) is 19.0 Å². The minimum atomic E-state index is -0.277. The van der Waals surface area contributed by atoms with Gasteiger partial charge in [0.25, 0.3) is 0 Å². The van der Waals surface area contributed by atoms with Gasteiger partial charge in [0.2, 0.25) is 11.8 Å². The molecule has 3 rings (SSSR count). The van der Waals surface area contributed by atoms with Crippen molar-refractivity contribution in [1.82, 2.24) is 5.32 Å². The van der Waals surface area contributed by atoms with Crippen LogP contribution in [-0.4, -0.2) is 31.5 Å². The molecule has 1 saturated heterocycles. The van der Waals surface area contributed by atoms with E-state index in [1.165, 1.54) is 19.3 Å². The number of carbonyl (C=O) groups excluding carboxylic acids is 2. The van der Waals surface area contributed by atoms with E-state index in [-0.39, 0.29) is 30.2 Å². The summed E-state index contributed by atoms with van der Waals surface area (Å²) >= 11 is 0. The highest BCUT2D eigenvalue weighted by molar-refractivity contribution is 6.01. The van der Waals surface area contributed by atoms with Crippen LogP contribution in [-0.2, 0) is 9.59 Å². The Morgan fingerprint density at radius 3 is 2.64 bits per heavy atom. The number of para-hydroxylation sites is 2. The first-order valence-corrected chi connectivity index (χ1v) is 9.36. The van der Waals surface area contributed by atoms with Crippen LogP contribution < -0.4 is 15.0 Å². The molecule has 1 aromatic carbocycles. The van der Waals surface area contributed by atoms with Crippen molar-refractivity contribution in [3.05, 3.63) is 24.3 Å². The van der Waals surface area contributed by atoms with E-state index < -0.39 is 0 Å². The summed E-state index contributed by atoms with van der Waals surface area (Å²) in [4.78, 5) is 26.7. The average Bonchev–Trinajstić information content (AvgIpc) is 3.04. The number of benzene rings is 1. The van der Waals surface area contributed by atoms with E-state index in [0.29, 0.717) is 12.3 Å². The van der Waals surface area contributed by atoms with Gasteiger partial charge in [-0.25, -0.2) is 0 Å². The maximum Gasteiger partial charge on any atom is 0.227 e. The highest BCUT2D eigenvalue weighted by Gasteiger charge is 2.37. The Kier molecular flexibility index (Phi) is 5.61. The van der Waals surface area contributed by atoms with Crippen LogP contribution in [0.15, 0.2) is 24.3 Å². The van der Waals surface area contributed by atoms with Gasteiger partial charge in [0.15, 0.2) is 0 Å². The molecule has 2 amide bonds. The number of rotatable bonds is 5. The van der Waals surface area contributed by atoms with Crippen molar-refractivity contribution in [2.24, 2.45) is 11.8 Å². The molecule has 0 spiro atoms. The minimum Gasteiger partial charge on any atom is -0.495 e. The van der Waals surface area contributed by atoms with E-state index in [1.807, 2.05) is 24.3 Å². The monoisotopic (exact) mass is 344 g/mol. The van der Waals surface area contributed by atoms with Gasteiger partial charge in [-0.15, -0.1) is 0 Å². The van der Waals surface area contributed by atoms with Crippen LogP contribution in [0.25, 0.3) is 0 Å². The van der Waals surface area contributed by atoms with Crippen LogP contribution in [0.5, 0.6) is 5.75 Å². The number of carbonyl (C=O) groups is 2. The predicted octanol–water partition coefficient (Wildman–Crippen LogP) is 3.13. The summed E-state index contributed by atoms with van der Waals surface area (Å²) in [5.74, 6) is 1.20. The van der Waals surface area contributed by atoms with Crippen molar-refractivity contribution in [1.29, 1.82) is 0 Å². The molecule has 2 aliphatic rings.